The largest absolute Gasteiger partial charge is 0.347 e. The number of aromatic nitrogens is 2. The first-order chi connectivity index (χ1) is 9.34. The predicted molar refractivity (Wildman–Crippen MR) is 77.5 cm³/mol. The molecule has 20 heavy (non-hydrogen) atoms. The number of fused-ring (bicyclic) bond motifs is 2. The minimum absolute atomic E-state index is 0.149. The molecule has 1 aromatic rings. The average molecular weight is 294 g/mol. The molecular formula is C15H20ClN3O. The molecule has 0 spiro atoms. The van der Waals surface area contributed by atoms with E-state index in [-0.39, 0.29) is 22.8 Å². The number of rotatable bonds is 2. The van der Waals surface area contributed by atoms with Gasteiger partial charge in [-0.2, -0.15) is 0 Å². The summed E-state index contributed by atoms with van der Waals surface area (Å²) in [5.41, 5.74) is 0.794. The fourth-order valence-corrected chi connectivity index (χ4v) is 4.18. The van der Waals surface area contributed by atoms with E-state index in [1.54, 1.807) is 0 Å². The number of hydrogen-bond donors (Lipinski definition) is 1. The van der Waals surface area contributed by atoms with Gasteiger partial charge in [-0.05, 0) is 36.0 Å². The van der Waals surface area contributed by atoms with Crippen LogP contribution in [0.4, 0.5) is 0 Å². The topological polar surface area (TPSA) is 54.9 Å². The summed E-state index contributed by atoms with van der Waals surface area (Å²) >= 11 is 5.69. The molecule has 1 amide bonds. The second-order valence-electron chi connectivity index (χ2n) is 6.86. The van der Waals surface area contributed by atoms with Crippen molar-refractivity contribution < 1.29 is 4.79 Å². The molecule has 4 nitrogen and oxygen atoms in total. The normalized spacial score (nSPS) is 34.2. The number of carbonyl (C=O) groups excluding carboxylic acids is 1. The van der Waals surface area contributed by atoms with E-state index in [0.29, 0.717) is 16.8 Å². The van der Waals surface area contributed by atoms with E-state index in [9.17, 15) is 4.79 Å². The number of carbonyl (C=O) groups is 1. The lowest BCUT2D eigenvalue weighted by molar-refractivity contribution is 0.0821. The lowest BCUT2D eigenvalue weighted by Gasteiger charge is -2.39. The Bertz CT molecular complexity index is 543. The van der Waals surface area contributed by atoms with E-state index >= 15 is 0 Å². The van der Waals surface area contributed by atoms with Crippen molar-refractivity contribution in [2.45, 2.75) is 46.1 Å². The van der Waals surface area contributed by atoms with Crippen LogP contribution < -0.4 is 5.32 Å². The predicted octanol–water partition coefficient (Wildman–Crippen LogP) is 3.07. The van der Waals surface area contributed by atoms with Gasteiger partial charge in [0, 0.05) is 6.04 Å². The average Bonchev–Trinajstić information content (AvgIpc) is 2.72. The maximum atomic E-state index is 12.3. The number of nitrogens with one attached hydrogen (secondary N) is 1. The molecule has 5 heteroatoms. The Kier molecular flexibility index (Phi) is 3.05. The molecule has 2 aliphatic rings. The Labute approximate surface area is 124 Å². The molecule has 2 fully saturated rings. The zero-order valence-electron chi connectivity index (χ0n) is 12.1. The summed E-state index contributed by atoms with van der Waals surface area (Å²) in [6, 6.07) is 0.223. The molecule has 2 saturated carbocycles. The van der Waals surface area contributed by atoms with Crippen molar-refractivity contribution in [1.82, 2.24) is 15.3 Å². The van der Waals surface area contributed by atoms with Crippen LogP contribution in [-0.2, 0) is 0 Å². The summed E-state index contributed by atoms with van der Waals surface area (Å²) in [6.45, 7) is 6.97. The molecule has 108 valence electrons. The van der Waals surface area contributed by atoms with E-state index in [1.807, 2.05) is 0 Å². The number of amides is 1. The van der Waals surface area contributed by atoms with Gasteiger partial charge in [0.05, 0.1) is 12.4 Å². The molecule has 2 aliphatic carbocycles. The van der Waals surface area contributed by atoms with E-state index in [1.165, 1.54) is 25.2 Å². The zero-order chi connectivity index (χ0) is 14.5. The van der Waals surface area contributed by atoms with Crippen LogP contribution in [0.15, 0.2) is 12.4 Å². The van der Waals surface area contributed by atoms with Crippen molar-refractivity contribution >= 4 is 17.5 Å². The van der Waals surface area contributed by atoms with Crippen molar-refractivity contribution in [2.24, 2.45) is 16.7 Å². The Balaban J connectivity index is 1.76. The van der Waals surface area contributed by atoms with Crippen molar-refractivity contribution in [3.8, 4) is 0 Å². The third-order valence-corrected chi connectivity index (χ3v) is 6.15. The highest BCUT2D eigenvalue weighted by Crippen LogP contribution is 2.65. The van der Waals surface area contributed by atoms with E-state index in [0.717, 1.165) is 6.42 Å². The Morgan fingerprint density at radius 2 is 2.10 bits per heavy atom. The van der Waals surface area contributed by atoms with Crippen LogP contribution in [0.1, 0.15) is 50.5 Å². The Morgan fingerprint density at radius 3 is 2.60 bits per heavy atom. The molecule has 1 heterocycles. The van der Waals surface area contributed by atoms with Gasteiger partial charge >= 0.3 is 0 Å². The van der Waals surface area contributed by atoms with Crippen LogP contribution in [0, 0.1) is 16.7 Å². The summed E-state index contributed by atoms with van der Waals surface area (Å²) in [4.78, 5) is 20.2. The molecule has 1 N–H and O–H groups in total. The van der Waals surface area contributed by atoms with Gasteiger partial charge in [0.25, 0.3) is 5.91 Å². The molecule has 2 bridgehead atoms. The van der Waals surface area contributed by atoms with Gasteiger partial charge in [-0.25, -0.2) is 9.97 Å². The number of nitrogens with zero attached hydrogens (tertiary/aromatic N) is 2. The lowest BCUT2D eigenvalue weighted by atomic mass is 9.69. The van der Waals surface area contributed by atoms with Gasteiger partial charge in [-0.15, -0.1) is 0 Å². The van der Waals surface area contributed by atoms with Gasteiger partial charge in [0.1, 0.15) is 10.8 Å². The minimum atomic E-state index is -0.149. The van der Waals surface area contributed by atoms with E-state index in [2.05, 4.69) is 36.1 Å². The molecule has 3 unspecified atom stereocenters. The maximum absolute atomic E-state index is 12.3. The highest BCUT2D eigenvalue weighted by molar-refractivity contribution is 6.29. The Hall–Kier alpha value is -1.16. The first kappa shape index (κ1) is 13.8. The third-order valence-electron chi connectivity index (χ3n) is 5.95. The smallest absolute Gasteiger partial charge is 0.271 e. The third kappa shape index (κ3) is 1.85. The fourth-order valence-electron chi connectivity index (χ4n) is 4.08. The van der Waals surface area contributed by atoms with Crippen molar-refractivity contribution in [1.29, 1.82) is 0 Å². The van der Waals surface area contributed by atoms with Crippen LogP contribution in [0.25, 0.3) is 0 Å². The van der Waals surface area contributed by atoms with Crippen LogP contribution in [0.3, 0.4) is 0 Å². The fraction of sp³-hybridized carbons (Fsp3) is 0.667. The number of hydrogen-bond acceptors (Lipinski definition) is 3. The van der Waals surface area contributed by atoms with Gasteiger partial charge in [0.15, 0.2) is 0 Å². The molecular weight excluding hydrogens is 274 g/mol. The van der Waals surface area contributed by atoms with Crippen molar-refractivity contribution in [3.05, 3.63) is 23.2 Å². The molecule has 1 aromatic heterocycles. The summed E-state index contributed by atoms with van der Waals surface area (Å²) in [5.74, 6) is 0.554. The highest BCUT2D eigenvalue weighted by atomic mass is 35.5. The Morgan fingerprint density at radius 1 is 1.35 bits per heavy atom. The second kappa shape index (κ2) is 4.42. The summed E-state index contributed by atoms with van der Waals surface area (Å²) in [7, 11) is 0. The lowest BCUT2D eigenvalue weighted by Crippen LogP contribution is -2.47. The quantitative estimate of drug-likeness (QED) is 0.912. The molecule has 0 saturated heterocycles. The standard InChI is InChI=1S/C15H20ClN3O/c1-14(2)9-4-5-15(14,3)11(6-9)19-13(20)10-7-18-12(16)8-17-10/h7-9,11H,4-6H2,1-3H3,(H,19,20). The highest BCUT2D eigenvalue weighted by Gasteiger charge is 2.61. The zero-order valence-corrected chi connectivity index (χ0v) is 12.9. The van der Waals surface area contributed by atoms with Crippen LogP contribution in [0.5, 0.6) is 0 Å². The van der Waals surface area contributed by atoms with E-state index < -0.39 is 0 Å². The monoisotopic (exact) mass is 293 g/mol. The first-order valence-corrected chi connectivity index (χ1v) is 7.51. The molecule has 0 aromatic carbocycles. The van der Waals surface area contributed by atoms with Gasteiger partial charge in [-0.3, -0.25) is 4.79 Å². The van der Waals surface area contributed by atoms with Gasteiger partial charge in [0.2, 0.25) is 0 Å². The summed E-state index contributed by atoms with van der Waals surface area (Å²) in [5, 5.41) is 3.46. The summed E-state index contributed by atoms with van der Waals surface area (Å²) in [6.07, 6.45) is 6.36. The van der Waals surface area contributed by atoms with Gasteiger partial charge in [-0.1, -0.05) is 32.4 Å². The SMILES string of the molecule is CC1(C)C2CCC1(C)C(NC(=O)c1cnc(Cl)cn1)C2. The second-order valence-corrected chi connectivity index (χ2v) is 7.25. The summed E-state index contributed by atoms with van der Waals surface area (Å²) < 4.78 is 0. The van der Waals surface area contributed by atoms with E-state index in [4.69, 9.17) is 11.6 Å². The van der Waals surface area contributed by atoms with Crippen molar-refractivity contribution in [2.75, 3.05) is 0 Å². The van der Waals surface area contributed by atoms with Crippen molar-refractivity contribution in [3.63, 3.8) is 0 Å². The first-order valence-electron chi connectivity index (χ1n) is 7.13. The number of halogens is 1. The van der Waals surface area contributed by atoms with Gasteiger partial charge < -0.3 is 5.32 Å². The van der Waals surface area contributed by atoms with Crippen LogP contribution in [-0.4, -0.2) is 21.9 Å². The molecule has 0 aliphatic heterocycles. The maximum Gasteiger partial charge on any atom is 0.271 e. The molecule has 0 radical (unpaired) electrons. The van der Waals surface area contributed by atoms with Crippen LogP contribution >= 0.6 is 11.6 Å². The molecule has 3 rings (SSSR count). The minimum Gasteiger partial charge on any atom is -0.347 e. The van der Waals surface area contributed by atoms with Crippen LogP contribution in [0.2, 0.25) is 5.15 Å². The molecule has 3 atom stereocenters.